The maximum atomic E-state index is 4.99. The molecule has 0 bridgehead atoms. The molecule has 0 amide bonds. The summed E-state index contributed by atoms with van der Waals surface area (Å²) in [7, 11) is 0. The summed E-state index contributed by atoms with van der Waals surface area (Å²) in [5, 5.41) is 0. The molecular weight excluding hydrogens is 806 g/mol. The molecule has 4 heterocycles. The van der Waals surface area contributed by atoms with Crippen LogP contribution in [0.15, 0.2) is 119 Å². The second kappa shape index (κ2) is 22.5. The van der Waals surface area contributed by atoms with Gasteiger partial charge in [-0.25, -0.2) is 9.97 Å². The minimum Gasteiger partial charge on any atom is -0.255 e. The van der Waals surface area contributed by atoms with E-state index in [0.717, 1.165) is 67.8 Å². The molecule has 0 radical (unpaired) electrons. The van der Waals surface area contributed by atoms with Gasteiger partial charge >= 0.3 is 0 Å². The molecule has 12 heteroatoms. The first-order chi connectivity index (χ1) is 21.9. The van der Waals surface area contributed by atoms with Gasteiger partial charge in [0.2, 0.25) is 0 Å². The van der Waals surface area contributed by atoms with E-state index in [2.05, 4.69) is 61.9 Å². The fraction of sp³-hybridized carbons (Fsp3) is 0.128. The number of rotatable bonds is 8. The zero-order chi connectivity index (χ0) is 31.2. The van der Waals surface area contributed by atoms with Gasteiger partial charge in [0.1, 0.15) is 0 Å². The van der Waals surface area contributed by atoms with Crippen molar-refractivity contribution in [3.05, 3.63) is 154 Å². The van der Waals surface area contributed by atoms with E-state index in [1.807, 2.05) is 85.2 Å². The molecule has 6 aromatic rings. The van der Waals surface area contributed by atoms with Gasteiger partial charge in [-0.2, -0.15) is 0 Å². The third kappa shape index (κ3) is 12.3. The normalized spacial score (nSPS) is 10.1. The number of nitrogens with zero attached hydrogens (tertiary/aromatic N) is 6. The van der Waals surface area contributed by atoms with Crippen LogP contribution in [0.1, 0.15) is 44.8 Å². The fourth-order valence-electron chi connectivity index (χ4n) is 5.56. The van der Waals surface area contributed by atoms with Crippen molar-refractivity contribution < 1.29 is 34.1 Å². The van der Waals surface area contributed by atoms with E-state index >= 15 is 0 Å². The van der Waals surface area contributed by atoms with Crippen molar-refractivity contribution in [2.45, 2.75) is 34.1 Å². The first kappa shape index (κ1) is 47.6. The smallest absolute Gasteiger partial charge is 0.0894 e. The molecule has 0 aliphatic heterocycles. The van der Waals surface area contributed by atoms with E-state index in [4.69, 9.17) is 20.0 Å². The largest absolute Gasteiger partial charge is 0.255 e. The molecule has 0 spiro atoms. The van der Waals surface area contributed by atoms with Crippen LogP contribution < -0.4 is 0 Å². The Balaban J connectivity index is 0.00000417. The van der Waals surface area contributed by atoms with Gasteiger partial charge in [0.25, 0.3) is 0 Å². The Bertz CT molecular complexity index is 1900. The van der Waals surface area contributed by atoms with Crippen LogP contribution >= 0.6 is 49.6 Å². The van der Waals surface area contributed by atoms with Crippen molar-refractivity contribution in [1.82, 2.24) is 19.9 Å². The SMILES string of the molecule is Cc1cc(C)c(N=Cc2cccc(-c3ccccn3)n2)c(Cc2cc(C)cc(C)c2N=Cc2cccc(-c3ccccn3)n2)c1.Cl.Cl.Cl.Cl.[Fe].[Fe]. The number of hydrogen-bond acceptors (Lipinski definition) is 6. The third-order valence-electron chi connectivity index (χ3n) is 7.48. The molecule has 0 fully saturated rings. The number of aliphatic imine (C=N–C) groups is 2. The number of benzene rings is 2. The molecule has 268 valence electrons. The quantitative estimate of drug-likeness (QED) is 0.113. The summed E-state index contributed by atoms with van der Waals surface area (Å²) in [4.78, 5) is 28.5. The van der Waals surface area contributed by atoms with Crippen molar-refractivity contribution >= 4 is 73.4 Å². The van der Waals surface area contributed by atoms with E-state index in [0.29, 0.717) is 6.42 Å². The molecule has 6 nitrogen and oxygen atoms in total. The van der Waals surface area contributed by atoms with Crippen LogP contribution in [0.4, 0.5) is 11.4 Å². The average molecular weight is 844 g/mol. The molecule has 0 aliphatic carbocycles. The molecule has 0 saturated carbocycles. The minimum absolute atomic E-state index is 0. The van der Waals surface area contributed by atoms with E-state index < -0.39 is 0 Å². The van der Waals surface area contributed by atoms with Gasteiger partial charge in [0.15, 0.2) is 0 Å². The van der Waals surface area contributed by atoms with Crippen molar-refractivity contribution in [2.75, 3.05) is 0 Å². The molecule has 0 saturated heterocycles. The van der Waals surface area contributed by atoms with Gasteiger partial charge in [0.05, 0.1) is 58.0 Å². The molecule has 2 aromatic carbocycles. The Kier molecular flexibility index (Phi) is 21.0. The molecular formula is C39H38Cl4Fe2N6. The first-order valence-corrected chi connectivity index (χ1v) is 15.0. The first-order valence-electron chi connectivity index (χ1n) is 15.0. The van der Waals surface area contributed by atoms with Crippen LogP contribution in [-0.4, -0.2) is 32.4 Å². The number of aryl methyl sites for hydroxylation is 4. The topological polar surface area (TPSA) is 76.3 Å². The number of pyridine rings is 4. The van der Waals surface area contributed by atoms with Gasteiger partial charge in [0, 0.05) is 53.0 Å². The summed E-state index contributed by atoms with van der Waals surface area (Å²) < 4.78 is 0. The Morgan fingerprint density at radius 1 is 0.490 bits per heavy atom. The van der Waals surface area contributed by atoms with Crippen LogP contribution in [0.5, 0.6) is 0 Å². The van der Waals surface area contributed by atoms with Gasteiger partial charge in [-0.15, -0.1) is 49.6 Å². The van der Waals surface area contributed by atoms with Gasteiger partial charge in [-0.3, -0.25) is 20.0 Å². The second-order valence-electron chi connectivity index (χ2n) is 11.2. The van der Waals surface area contributed by atoms with Crippen molar-refractivity contribution in [3.63, 3.8) is 0 Å². The van der Waals surface area contributed by atoms with Crippen LogP contribution in [0.2, 0.25) is 0 Å². The fourth-order valence-corrected chi connectivity index (χ4v) is 5.56. The summed E-state index contributed by atoms with van der Waals surface area (Å²) >= 11 is 0. The number of aromatic nitrogens is 4. The average Bonchev–Trinajstić information content (AvgIpc) is 3.05. The predicted octanol–water partition coefficient (Wildman–Crippen LogP) is 10.6. The molecule has 0 aliphatic rings. The zero-order valence-corrected chi connectivity index (χ0v) is 33.8. The van der Waals surface area contributed by atoms with Crippen LogP contribution in [-0.2, 0) is 40.6 Å². The van der Waals surface area contributed by atoms with Gasteiger partial charge in [-0.05, 0) is 98.5 Å². The van der Waals surface area contributed by atoms with E-state index in [9.17, 15) is 0 Å². The molecule has 6 rings (SSSR count). The monoisotopic (exact) mass is 842 g/mol. The second-order valence-corrected chi connectivity index (χ2v) is 11.2. The number of halogens is 4. The van der Waals surface area contributed by atoms with Crippen molar-refractivity contribution in [1.29, 1.82) is 0 Å². The molecule has 51 heavy (non-hydrogen) atoms. The Morgan fingerprint density at radius 3 is 1.25 bits per heavy atom. The summed E-state index contributed by atoms with van der Waals surface area (Å²) in [5.74, 6) is 0. The molecule has 4 aromatic heterocycles. The van der Waals surface area contributed by atoms with E-state index in [1.54, 1.807) is 12.4 Å². The van der Waals surface area contributed by atoms with E-state index in [-0.39, 0.29) is 83.8 Å². The molecule has 0 unspecified atom stereocenters. The van der Waals surface area contributed by atoms with E-state index in [1.165, 1.54) is 11.1 Å². The third-order valence-corrected chi connectivity index (χ3v) is 7.48. The summed E-state index contributed by atoms with van der Waals surface area (Å²) in [6.07, 6.45) is 7.93. The predicted molar refractivity (Wildman–Crippen MR) is 213 cm³/mol. The Hall–Kier alpha value is -3.42. The molecule has 0 atom stereocenters. The Labute approximate surface area is 346 Å². The minimum atomic E-state index is 0. The van der Waals surface area contributed by atoms with Crippen LogP contribution in [0.25, 0.3) is 22.8 Å². The summed E-state index contributed by atoms with van der Waals surface area (Å²) in [6.45, 7) is 8.48. The van der Waals surface area contributed by atoms with Gasteiger partial charge < -0.3 is 0 Å². The van der Waals surface area contributed by atoms with Crippen molar-refractivity contribution in [2.24, 2.45) is 9.98 Å². The van der Waals surface area contributed by atoms with Crippen LogP contribution in [0, 0.1) is 27.7 Å². The van der Waals surface area contributed by atoms with Crippen LogP contribution in [0.3, 0.4) is 0 Å². The summed E-state index contributed by atoms with van der Waals surface area (Å²) in [6, 6.07) is 32.3. The van der Waals surface area contributed by atoms with Gasteiger partial charge in [-0.1, -0.05) is 59.7 Å². The zero-order valence-electron chi connectivity index (χ0n) is 28.3. The van der Waals surface area contributed by atoms with Crippen molar-refractivity contribution in [3.8, 4) is 22.8 Å². The maximum absolute atomic E-state index is 4.99. The molecule has 0 N–H and O–H groups in total. The Morgan fingerprint density at radius 2 is 0.882 bits per heavy atom. The maximum Gasteiger partial charge on any atom is 0.0894 e. The standard InChI is InChI=1S/C39H34N6.4ClH.2Fe/c1-26-19-28(3)38(42-24-32-11-9-15-36(44-32)34-13-5-7-17-40-34)30(21-26)23-31-22-27(2)20-29(4)39(31)43-25-33-12-10-16-37(45-33)35-14-6-8-18-41-35;;;;;;/h5-22,24-25H,23H2,1-4H3;4*1H;;. The summed E-state index contributed by atoms with van der Waals surface area (Å²) in [5.41, 5.74) is 13.7. The number of hydrogen-bond donors (Lipinski definition) is 0.